The number of carbonyl (C=O) groups is 2. The lowest BCUT2D eigenvalue weighted by Gasteiger charge is -2.58. The predicted octanol–water partition coefficient (Wildman–Crippen LogP) is 5.69. The van der Waals surface area contributed by atoms with E-state index in [2.05, 4.69) is 33.0 Å². The van der Waals surface area contributed by atoms with Gasteiger partial charge in [0.1, 0.15) is 5.75 Å². The summed E-state index contributed by atoms with van der Waals surface area (Å²) in [5, 5.41) is 24.9. The van der Waals surface area contributed by atoms with Gasteiger partial charge in [0.2, 0.25) is 0 Å². The highest BCUT2D eigenvalue weighted by molar-refractivity contribution is 7.15. The fourth-order valence-electron chi connectivity index (χ4n) is 6.91. The Hall–Kier alpha value is -3.27. The Labute approximate surface area is 251 Å². The molecule has 0 radical (unpaired) electrons. The molecule has 0 aliphatic heterocycles. The highest BCUT2D eigenvalue weighted by Gasteiger charge is 2.59. The molecule has 0 spiro atoms. The van der Waals surface area contributed by atoms with Gasteiger partial charge in [0.15, 0.2) is 5.13 Å². The molecule has 1 heterocycles. The summed E-state index contributed by atoms with van der Waals surface area (Å²) in [7, 11) is 0. The van der Waals surface area contributed by atoms with Crippen molar-refractivity contribution in [2.45, 2.75) is 77.7 Å². The number of esters is 1. The molecule has 2 aromatic carbocycles. The highest BCUT2D eigenvalue weighted by atomic mass is 32.1. The Morgan fingerprint density at radius 1 is 1.17 bits per heavy atom. The molecule has 2 aliphatic rings. The first-order valence-electron chi connectivity index (χ1n) is 14.5. The quantitative estimate of drug-likeness (QED) is 0.164. The van der Waals surface area contributed by atoms with Crippen molar-refractivity contribution in [1.29, 1.82) is 0 Å². The van der Waals surface area contributed by atoms with Crippen LogP contribution in [0.5, 0.6) is 5.75 Å². The first-order chi connectivity index (χ1) is 19.7. The minimum atomic E-state index is -0.747. The maximum Gasteiger partial charge on any atom is 0.311 e. The Kier molecular flexibility index (Phi) is 7.98. The third kappa shape index (κ3) is 5.57. The number of carbonyl (C=O) groups excluding carboxylic acids is 2. The van der Waals surface area contributed by atoms with Crippen LogP contribution in [0.3, 0.4) is 0 Å². The molecule has 42 heavy (non-hydrogen) atoms. The first kappa shape index (κ1) is 30.2. The zero-order valence-corrected chi connectivity index (χ0v) is 25.8. The van der Waals surface area contributed by atoms with Crippen molar-refractivity contribution in [2.24, 2.45) is 16.7 Å². The van der Waals surface area contributed by atoms with Gasteiger partial charge >= 0.3 is 5.97 Å². The number of nitrogens with one attached hydrogen (secondary N) is 1. The van der Waals surface area contributed by atoms with E-state index in [-0.39, 0.29) is 36.2 Å². The van der Waals surface area contributed by atoms with Crippen LogP contribution in [0, 0.1) is 16.7 Å². The van der Waals surface area contributed by atoms with Gasteiger partial charge in [-0.25, -0.2) is 4.98 Å². The van der Waals surface area contributed by atoms with E-state index in [9.17, 15) is 19.8 Å². The van der Waals surface area contributed by atoms with Crippen LogP contribution >= 0.6 is 11.3 Å². The maximum atomic E-state index is 13.3. The first-order valence-corrected chi connectivity index (χ1v) is 15.3. The van der Waals surface area contributed by atoms with Gasteiger partial charge in [0.25, 0.3) is 5.91 Å². The number of aliphatic hydroxyl groups excluding tert-OH is 2. The van der Waals surface area contributed by atoms with Gasteiger partial charge in [-0.3, -0.25) is 14.9 Å². The summed E-state index contributed by atoms with van der Waals surface area (Å²) in [6.45, 7) is 10.3. The number of ether oxygens (including phenoxy) is 1. The van der Waals surface area contributed by atoms with Crippen LogP contribution in [0.25, 0.3) is 0 Å². The fourth-order valence-corrected chi connectivity index (χ4v) is 7.97. The van der Waals surface area contributed by atoms with E-state index in [0.29, 0.717) is 41.4 Å². The van der Waals surface area contributed by atoms with Crippen LogP contribution in [0.2, 0.25) is 0 Å². The largest absolute Gasteiger partial charge is 0.426 e. The molecule has 1 fully saturated rings. The number of amides is 1. The molecular formula is C33H41N3O5S. The number of fused-ring (bicyclic) bond motifs is 2. The summed E-state index contributed by atoms with van der Waals surface area (Å²) in [5.74, 6) is -0.719. The monoisotopic (exact) mass is 591 g/mol. The van der Waals surface area contributed by atoms with E-state index in [4.69, 9.17) is 15.5 Å². The van der Waals surface area contributed by atoms with E-state index in [1.807, 2.05) is 31.2 Å². The smallest absolute Gasteiger partial charge is 0.311 e. The van der Waals surface area contributed by atoms with E-state index in [0.717, 1.165) is 16.1 Å². The number of hydrogen-bond acceptors (Lipinski definition) is 8. The van der Waals surface area contributed by atoms with Crippen molar-refractivity contribution in [1.82, 2.24) is 4.98 Å². The van der Waals surface area contributed by atoms with Crippen LogP contribution in [0.4, 0.5) is 10.8 Å². The average molecular weight is 592 g/mol. The number of aromatic nitrogens is 1. The molecule has 1 amide bonds. The molecule has 2 aliphatic carbocycles. The third-order valence-electron chi connectivity index (χ3n) is 9.59. The van der Waals surface area contributed by atoms with Gasteiger partial charge in [0.05, 0.1) is 24.8 Å². The Morgan fingerprint density at radius 3 is 2.52 bits per heavy atom. The van der Waals surface area contributed by atoms with Crippen molar-refractivity contribution >= 4 is 34.0 Å². The highest BCUT2D eigenvalue weighted by Crippen LogP contribution is 2.63. The molecule has 0 bridgehead atoms. The number of nitrogens with zero attached hydrogens (tertiary/aromatic N) is 1. The van der Waals surface area contributed by atoms with Crippen molar-refractivity contribution < 1.29 is 24.5 Å². The molecule has 9 heteroatoms. The molecule has 5 atom stereocenters. The lowest BCUT2D eigenvalue weighted by Crippen LogP contribution is -2.57. The summed E-state index contributed by atoms with van der Waals surface area (Å²) in [6.07, 6.45) is 1.18. The summed E-state index contributed by atoms with van der Waals surface area (Å²) in [5.41, 5.74) is 7.63. The Balaban J connectivity index is 1.46. The normalized spacial score (nSPS) is 27.1. The van der Waals surface area contributed by atoms with Gasteiger partial charge in [-0.15, -0.1) is 11.3 Å². The number of anilines is 2. The third-order valence-corrected chi connectivity index (χ3v) is 10.6. The second kappa shape index (κ2) is 11.1. The maximum absolute atomic E-state index is 13.3. The molecule has 1 aromatic heterocycles. The number of nitrogens with two attached hydrogens (primary N) is 1. The van der Waals surface area contributed by atoms with Crippen molar-refractivity contribution in [3.05, 3.63) is 70.2 Å². The van der Waals surface area contributed by atoms with E-state index < -0.39 is 22.9 Å². The van der Waals surface area contributed by atoms with E-state index in [1.54, 1.807) is 24.3 Å². The molecule has 0 saturated heterocycles. The van der Waals surface area contributed by atoms with Crippen molar-refractivity contribution in [3.8, 4) is 5.75 Å². The van der Waals surface area contributed by atoms with Crippen LogP contribution in [-0.4, -0.2) is 39.8 Å². The second-order valence-electron chi connectivity index (χ2n) is 13.4. The molecule has 5 N–H and O–H groups in total. The minimum Gasteiger partial charge on any atom is -0.426 e. The van der Waals surface area contributed by atoms with Crippen LogP contribution in [0.1, 0.15) is 86.3 Å². The second-order valence-corrected chi connectivity index (χ2v) is 14.5. The summed E-state index contributed by atoms with van der Waals surface area (Å²) >= 11 is 1.39. The molecule has 3 aromatic rings. The standard InChI is InChI=1S/C33H41N3O5S/c1-31(2,3)20-11-9-19(10-12-20)29(40)36-30-35-28-23(16-27(39)41-22-8-6-7-21(34)15-22)32(4)14-13-26(38)33(5,18-37)25(32)17-24(28)42-30/h6-12,15,23,25-26,37-38H,13-14,16-18,34H2,1-5H3,(H,35,36,40)/t23-,25+,26-,32+,33+/m1/s1. The van der Waals surface area contributed by atoms with Gasteiger partial charge in [-0.1, -0.05) is 52.8 Å². The zero-order chi connectivity index (χ0) is 30.4. The molecule has 1 saturated carbocycles. The van der Waals surface area contributed by atoms with Crippen LogP contribution in [-0.2, 0) is 16.6 Å². The number of rotatable bonds is 6. The van der Waals surface area contributed by atoms with Gasteiger partial charge in [-0.05, 0) is 65.8 Å². The number of aliphatic hydroxyl groups is 2. The topological polar surface area (TPSA) is 135 Å². The van der Waals surface area contributed by atoms with Crippen LogP contribution in [0.15, 0.2) is 48.5 Å². The number of benzene rings is 2. The van der Waals surface area contributed by atoms with Crippen molar-refractivity contribution in [2.75, 3.05) is 17.7 Å². The van der Waals surface area contributed by atoms with Gasteiger partial charge in [-0.2, -0.15) is 0 Å². The Bertz CT molecular complexity index is 1480. The van der Waals surface area contributed by atoms with Crippen molar-refractivity contribution in [3.63, 3.8) is 0 Å². The number of hydrogen-bond donors (Lipinski definition) is 4. The lowest BCUT2D eigenvalue weighted by atomic mass is 9.47. The van der Waals surface area contributed by atoms with Gasteiger partial charge in [0, 0.05) is 33.5 Å². The lowest BCUT2D eigenvalue weighted by molar-refractivity contribution is -0.148. The average Bonchev–Trinajstić information content (AvgIpc) is 3.33. The number of nitrogen functional groups attached to an aromatic ring is 1. The molecule has 0 unspecified atom stereocenters. The summed E-state index contributed by atoms with van der Waals surface area (Å²) < 4.78 is 5.69. The molecular weight excluding hydrogens is 550 g/mol. The predicted molar refractivity (Wildman–Crippen MR) is 165 cm³/mol. The van der Waals surface area contributed by atoms with Gasteiger partial charge < -0.3 is 20.7 Å². The summed E-state index contributed by atoms with van der Waals surface area (Å²) in [4.78, 5) is 32.4. The molecule has 8 nitrogen and oxygen atoms in total. The van der Waals surface area contributed by atoms with E-state index in [1.165, 1.54) is 11.3 Å². The SMILES string of the molecule is CC(C)(C)c1ccc(C(=O)Nc2nc3c(s2)C[C@@H]2[C@](C)(CO)[C@H](O)CC[C@@]2(C)[C@@H]3CC(=O)Oc2cccc(N)c2)cc1. The zero-order valence-electron chi connectivity index (χ0n) is 24.9. The number of thiazole rings is 1. The molecule has 5 rings (SSSR count). The van der Waals surface area contributed by atoms with Crippen LogP contribution < -0.4 is 15.8 Å². The van der Waals surface area contributed by atoms with E-state index >= 15 is 0 Å². The fraction of sp³-hybridized carbons (Fsp3) is 0.485. The Morgan fingerprint density at radius 2 is 1.88 bits per heavy atom. The minimum absolute atomic E-state index is 0.0177. The summed E-state index contributed by atoms with van der Waals surface area (Å²) in [6, 6.07) is 14.3. The molecule has 224 valence electrons.